The summed E-state index contributed by atoms with van der Waals surface area (Å²) in [6.45, 7) is 1.98. The molecule has 0 fully saturated rings. The van der Waals surface area contributed by atoms with Crippen molar-refractivity contribution in [2.24, 2.45) is 0 Å². The Kier molecular flexibility index (Phi) is 2.33. The van der Waals surface area contributed by atoms with E-state index in [1.165, 1.54) is 12.5 Å². The van der Waals surface area contributed by atoms with Crippen molar-refractivity contribution < 1.29 is 4.42 Å². The maximum absolute atomic E-state index is 5.57. The number of fused-ring (bicyclic) bond motifs is 1. The van der Waals surface area contributed by atoms with E-state index in [0.29, 0.717) is 0 Å². The Morgan fingerprint density at radius 2 is 2.00 bits per heavy atom. The third kappa shape index (κ3) is 1.37. The lowest BCUT2D eigenvalue weighted by atomic mass is 10.2. The third-order valence-electron chi connectivity index (χ3n) is 1.70. The summed E-state index contributed by atoms with van der Waals surface area (Å²) in [5.41, 5.74) is 1.01. The van der Waals surface area contributed by atoms with Crippen LogP contribution in [0.2, 0.25) is 0 Å². The molecule has 2 rings (SSSR count). The van der Waals surface area contributed by atoms with Crippen LogP contribution in [0.1, 0.15) is 5.76 Å². The lowest BCUT2D eigenvalue weighted by molar-refractivity contribution is 0.576. The number of halogens is 2. The predicted octanol–water partition coefficient (Wildman–Crippen LogP) is 3.95. The highest BCUT2D eigenvalue weighted by Gasteiger charge is 2.06. The van der Waals surface area contributed by atoms with Crippen molar-refractivity contribution >= 4 is 56.2 Å². The molecule has 12 heavy (non-hydrogen) atoms. The van der Waals surface area contributed by atoms with Crippen molar-refractivity contribution in [3.8, 4) is 0 Å². The van der Waals surface area contributed by atoms with Gasteiger partial charge in [0.1, 0.15) is 11.3 Å². The second-order valence-corrected chi connectivity index (χ2v) is 4.88. The fourth-order valence-corrected chi connectivity index (χ4v) is 2.20. The molecule has 0 spiro atoms. The number of furan rings is 1. The van der Waals surface area contributed by atoms with Crippen LogP contribution in [0.25, 0.3) is 11.0 Å². The Labute approximate surface area is 97.8 Å². The molecular weight excluding hydrogens is 378 g/mol. The van der Waals surface area contributed by atoms with E-state index >= 15 is 0 Å². The molecule has 0 unspecified atom stereocenters. The minimum atomic E-state index is 0.977. The Morgan fingerprint density at radius 3 is 2.75 bits per heavy atom. The van der Waals surface area contributed by atoms with Gasteiger partial charge in [-0.2, -0.15) is 0 Å². The van der Waals surface area contributed by atoms with Crippen molar-refractivity contribution in [2.45, 2.75) is 6.92 Å². The first-order chi connectivity index (χ1) is 5.68. The summed E-state index contributed by atoms with van der Waals surface area (Å²) in [6.07, 6.45) is 0. The summed E-state index contributed by atoms with van der Waals surface area (Å²) in [6, 6.07) is 6.27. The summed E-state index contributed by atoms with van der Waals surface area (Å²) in [7, 11) is 0. The standard InChI is InChI=1S/C9H6I2O/c1-5-4-6-2-3-7(10)8(11)9(6)12-5/h2-4H,1H3. The topological polar surface area (TPSA) is 13.1 Å². The van der Waals surface area contributed by atoms with Crippen LogP contribution in [0.3, 0.4) is 0 Å². The summed E-state index contributed by atoms with van der Waals surface area (Å²) in [4.78, 5) is 0. The summed E-state index contributed by atoms with van der Waals surface area (Å²) in [5.74, 6) is 0.977. The van der Waals surface area contributed by atoms with Gasteiger partial charge in [0, 0.05) is 8.96 Å². The fraction of sp³-hybridized carbons (Fsp3) is 0.111. The van der Waals surface area contributed by atoms with Gasteiger partial charge in [0.15, 0.2) is 0 Å². The normalized spacial score (nSPS) is 10.9. The quantitative estimate of drug-likeness (QED) is 0.628. The van der Waals surface area contributed by atoms with E-state index in [9.17, 15) is 0 Å². The van der Waals surface area contributed by atoms with Crippen molar-refractivity contribution in [2.75, 3.05) is 0 Å². The molecule has 0 atom stereocenters. The second kappa shape index (κ2) is 3.17. The molecule has 0 aliphatic heterocycles. The molecule has 0 saturated carbocycles. The van der Waals surface area contributed by atoms with E-state index in [2.05, 4.69) is 63.4 Å². The zero-order valence-electron chi connectivity index (χ0n) is 6.40. The average Bonchev–Trinajstić information content (AvgIpc) is 2.39. The second-order valence-electron chi connectivity index (χ2n) is 2.64. The number of hydrogen-bond acceptors (Lipinski definition) is 1. The van der Waals surface area contributed by atoms with Crippen LogP contribution in [0, 0.1) is 14.1 Å². The number of aryl methyl sites for hydroxylation is 1. The molecular formula is C9H6I2O. The van der Waals surface area contributed by atoms with E-state index in [-0.39, 0.29) is 0 Å². The number of hydrogen-bond donors (Lipinski definition) is 0. The smallest absolute Gasteiger partial charge is 0.148 e. The Balaban J connectivity index is 2.89. The third-order valence-corrected chi connectivity index (χ3v) is 4.70. The van der Waals surface area contributed by atoms with Crippen LogP contribution in [0.5, 0.6) is 0 Å². The van der Waals surface area contributed by atoms with Gasteiger partial charge >= 0.3 is 0 Å². The summed E-state index contributed by atoms with van der Waals surface area (Å²) >= 11 is 4.63. The molecule has 1 nitrogen and oxygen atoms in total. The molecule has 0 radical (unpaired) electrons. The van der Waals surface area contributed by atoms with Crippen molar-refractivity contribution in [1.82, 2.24) is 0 Å². The highest BCUT2D eigenvalue weighted by atomic mass is 127. The molecule has 0 saturated heterocycles. The first kappa shape index (κ1) is 8.80. The van der Waals surface area contributed by atoms with Crippen LogP contribution in [-0.4, -0.2) is 0 Å². The summed E-state index contributed by atoms with van der Waals surface area (Å²) in [5, 5.41) is 1.19. The van der Waals surface area contributed by atoms with Crippen molar-refractivity contribution in [3.63, 3.8) is 0 Å². The van der Waals surface area contributed by atoms with Crippen molar-refractivity contribution in [3.05, 3.63) is 31.1 Å². The van der Waals surface area contributed by atoms with Crippen LogP contribution in [-0.2, 0) is 0 Å². The zero-order chi connectivity index (χ0) is 8.72. The van der Waals surface area contributed by atoms with Crippen molar-refractivity contribution in [1.29, 1.82) is 0 Å². The molecule has 62 valence electrons. The van der Waals surface area contributed by atoms with Gasteiger partial charge in [-0.05, 0) is 70.3 Å². The molecule has 0 aliphatic carbocycles. The van der Waals surface area contributed by atoms with Gasteiger partial charge < -0.3 is 4.42 Å². The lowest BCUT2D eigenvalue weighted by Crippen LogP contribution is -1.77. The van der Waals surface area contributed by atoms with Gasteiger partial charge in [-0.25, -0.2) is 0 Å². The average molecular weight is 384 g/mol. The van der Waals surface area contributed by atoms with Gasteiger partial charge in [0.25, 0.3) is 0 Å². The van der Waals surface area contributed by atoms with Crippen LogP contribution < -0.4 is 0 Å². The van der Waals surface area contributed by atoms with Gasteiger partial charge in [0.2, 0.25) is 0 Å². The molecule has 1 heterocycles. The first-order valence-corrected chi connectivity index (χ1v) is 5.68. The molecule has 1 aromatic carbocycles. The lowest BCUT2D eigenvalue weighted by Gasteiger charge is -1.95. The van der Waals surface area contributed by atoms with E-state index in [4.69, 9.17) is 4.42 Å². The van der Waals surface area contributed by atoms with Gasteiger partial charge in [-0.3, -0.25) is 0 Å². The molecule has 0 N–H and O–H groups in total. The maximum Gasteiger partial charge on any atom is 0.148 e. The Bertz CT molecular complexity index is 431. The van der Waals surface area contributed by atoms with Crippen LogP contribution in [0.4, 0.5) is 0 Å². The molecule has 2 aromatic rings. The molecule has 1 aromatic heterocycles. The summed E-state index contributed by atoms with van der Waals surface area (Å²) < 4.78 is 8.02. The molecule has 0 bridgehead atoms. The largest absolute Gasteiger partial charge is 0.460 e. The Hall–Kier alpha value is 0.220. The first-order valence-electron chi connectivity index (χ1n) is 3.52. The number of benzene rings is 1. The Morgan fingerprint density at radius 1 is 1.25 bits per heavy atom. The predicted molar refractivity (Wildman–Crippen MR) is 66.4 cm³/mol. The van der Waals surface area contributed by atoms with Crippen LogP contribution >= 0.6 is 45.2 Å². The maximum atomic E-state index is 5.57. The minimum Gasteiger partial charge on any atom is -0.460 e. The van der Waals surface area contributed by atoms with E-state index < -0.39 is 0 Å². The zero-order valence-corrected chi connectivity index (χ0v) is 10.7. The highest BCUT2D eigenvalue weighted by molar-refractivity contribution is 14.1. The molecule has 3 heteroatoms. The SMILES string of the molecule is Cc1cc2ccc(I)c(I)c2o1. The fourth-order valence-electron chi connectivity index (χ4n) is 1.17. The van der Waals surface area contributed by atoms with Gasteiger partial charge in [-0.15, -0.1) is 0 Å². The molecule has 0 amide bonds. The monoisotopic (exact) mass is 384 g/mol. The molecule has 0 aliphatic rings. The highest BCUT2D eigenvalue weighted by Crippen LogP contribution is 2.27. The van der Waals surface area contributed by atoms with E-state index in [1.807, 2.05) is 6.92 Å². The van der Waals surface area contributed by atoms with E-state index in [1.54, 1.807) is 0 Å². The van der Waals surface area contributed by atoms with E-state index in [0.717, 1.165) is 11.3 Å². The van der Waals surface area contributed by atoms with Gasteiger partial charge in [0.05, 0.1) is 3.57 Å². The minimum absolute atomic E-state index is 0.977. The van der Waals surface area contributed by atoms with Crippen LogP contribution in [0.15, 0.2) is 22.6 Å². The number of rotatable bonds is 0. The van der Waals surface area contributed by atoms with Gasteiger partial charge in [-0.1, -0.05) is 0 Å².